The smallest absolute Gasteiger partial charge is 0.124 e. The van der Waals surface area contributed by atoms with Crippen molar-refractivity contribution in [1.29, 1.82) is 0 Å². The SMILES string of the molecule is CNC(c1ccc(F)cc1Br)c1cccc2cnccc12. The average molecular weight is 345 g/mol. The molecule has 0 spiro atoms. The molecule has 106 valence electrons. The van der Waals surface area contributed by atoms with Crippen molar-refractivity contribution in [3.63, 3.8) is 0 Å². The molecule has 2 nitrogen and oxygen atoms in total. The standard InChI is InChI=1S/C17H14BrFN2/c1-20-17(15-6-5-12(19)9-16(15)18)14-4-2-3-11-10-21-8-7-13(11)14/h2-10,17,20H,1H3. The van der Waals surface area contributed by atoms with Crippen molar-refractivity contribution in [2.45, 2.75) is 6.04 Å². The minimum Gasteiger partial charge on any atom is -0.309 e. The fourth-order valence-electron chi connectivity index (χ4n) is 2.61. The van der Waals surface area contributed by atoms with E-state index >= 15 is 0 Å². The maximum atomic E-state index is 13.3. The highest BCUT2D eigenvalue weighted by Crippen LogP contribution is 2.32. The Morgan fingerprint density at radius 2 is 2.00 bits per heavy atom. The molecule has 4 heteroatoms. The Labute approximate surface area is 131 Å². The summed E-state index contributed by atoms with van der Waals surface area (Å²) in [5, 5.41) is 5.55. The van der Waals surface area contributed by atoms with Gasteiger partial charge in [0.2, 0.25) is 0 Å². The van der Waals surface area contributed by atoms with Crippen LogP contribution in [-0.4, -0.2) is 12.0 Å². The second kappa shape index (κ2) is 5.92. The van der Waals surface area contributed by atoms with Gasteiger partial charge in [-0.05, 0) is 41.8 Å². The molecule has 21 heavy (non-hydrogen) atoms. The summed E-state index contributed by atoms with van der Waals surface area (Å²) in [6, 6.07) is 12.9. The fourth-order valence-corrected chi connectivity index (χ4v) is 3.19. The second-order valence-electron chi connectivity index (χ2n) is 4.83. The Bertz CT molecular complexity index is 783. The summed E-state index contributed by atoms with van der Waals surface area (Å²) in [6.07, 6.45) is 3.64. The van der Waals surface area contributed by atoms with E-state index in [1.165, 1.54) is 12.1 Å². The molecule has 1 aromatic heterocycles. The van der Waals surface area contributed by atoms with E-state index in [-0.39, 0.29) is 11.9 Å². The summed E-state index contributed by atoms with van der Waals surface area (Å²) >= 11 is 3.46. The predicted molar refractivity (Wildman–Crippen MR) is 86.7 cm³/mol. The molecule has 0 fully saturated rings. The van der Waals surface area contributed by atoms with Gasteiger partial charge in [0, 0.05) is 22.3 Å². The molecule has 0 aliphatic heterocycles. The van der Waals surface area contributed by atoms with Crippen LogP contribution < -0.4 is 5.32 Å². The second-order valence-corrected chi connectivity index (χ2v) is 5.69. The van der Waals surface area contributed by atoms with Gasteiger partial charge in [-0.25, -0.2) is 4.39 Å². The normalized spacial score (nSPS) is 12.5. The van der Waals surface area contributed by atoms with Gasteiger partial charge in [0.15, 0.2) is 0 Å². The highest BCUT2D eigenvalue weighted by Gasteiger charge is 2.17. The number of nitrogens with zero attached hydrogens (tertiary/aromatic N) is 1. The molecule has 2 aromatic carbocycles. The predicted octanol–water partition coefficient (Wildman–Crippen LogP) is 4.45. The topological polar surface area (TPSA) is 24.9 Å². The van der Waals surface area contributed by atoms with Crippen molar-refractivity contribution in [2.75, 3.05) is 7.05 Å². The Kier molecular flexibility index (Phi) is 3.99. The van der Waals surface area contributed by atoms with Gasteiger partial charge in [0.25, 0.3) is 0 Å². The number of benzene rings is 2. The minimum absolute atomic E-state index is 0.0222. The first-order valence-corrected chi connectivity index (χ1v) is 7.45. The van der Waals surface area contributed by atoms with Gasteiger partial charge < -0.3 is 5.32 Å². The van der Waals surface area contributed by atoms with Gasteiger partial charge >= 0.3 is 0 Å². The van der Waals surface area contributed by atoms with Crippen LogP contribution in [0.3, 0.4) is 0 Å². The zero-order valence-corrected chi connectivity index (χ0v) is 13.1. The molecular weight excluding hydrogens is 331 g/mol. The molecule has 3 rings (SSSR count). The molecule has 1 atom stereocenters. The number of aromatic nitrogens is 1. The van der Waals surface area contributed by atoms with Crippen LogP contribution in [0.1, 0.15) is 17.2 Å². The number of halogens is 2. The van der Waals surface area contributed by atoms with E-state index in [9.17, 15) is 4.39 Å². The quantitative estimate of drug-likeness (QED) is 0.759. The third kappa shape index (κ3) is 2.69. The lowest BCUT2D eigenvalue weighted by atomic mass is 9.94. The number of hydrogen-bond acceptors (Lipinski definition) is 2. The van der Waals surface area contributed by atoms with E-state index in [2.05, 4.69) is 32.3 Å². The van der Waals surface area contributed by atoms with Gasteiger partial charge in [-0.1, -0.05) is 40.2 Å². The van der Waals surface area contributed by atoms with Gasteiger partial charge in [0.05, 0.1) is 6.04 Å². The zero-order chi connectivity index (χ0) is 14.8. The van der Waals surface area contributed by atoms with E-state index in [1.54, 1.807) is 12.3 Å². The molecule has 0 aliphatic carbocycles. The fraction of sp³-hybridized carbons (Fsp3) is 0.118. The van der Waals surface area contributed by atoms with E-state index in [0.717, 1.165) is 26.4 Å². The summed E-state index contributed by atoms with van der Waals surface area (Å²) in [7, 11) is 1.90. The Balaban J connectivity index is 2.18. The van der Waals surface area contributed by atoms with Crippen LogP contribution in [0.5, 0.6) is 0 Å². The van der Waals surface area contributed by atoms with Crippen molar-refractivity contribution in [3.05, 3.63) is 76.3 Å². The first-order valence-electron chi connectivity index (χ1n) is 6.65. The number of rotatable bonds is 3. The highest BCUT2D eigenvalue weighted by molar-refractivity contribution is 9.10. The van der Waals surface area contributed by atoms with Gasteiger partial charge in [-0.2, -0.15) is 0 Å². The van der Waals surface area contributed by atoms with Crippen LogP contribution in [0.4, 0.5) is 4.39 Å². The highest BCUT2D eigenvalue weighted by atomic mass is 79.9. The largest absolute Gasteiger partial charge is 0.309 e. The molecule has 0 saturated carbocycles. The van der Waals surface area contributed by atoms with E-state index in [0.29, 0.717) is 0 Å². The number of fused-ring (bicyclic) bond motifs is 1. The van der Waals surface area contributed by atoms with Crippen molar-refractivity contribution in [2.24, 2.45) is 0 Å². The van der Waals surface area contributed by atoms with Crippen LogP contribution in [0.15, 0.2) is 59.3 Å². The van der Waals surface area contributed by atoms with Gasteiger partial charge in [0.1, 0.15) is 5.82 Å². The summed E-state index contributed by atoms with van der Waals surface area (Å²) in [4.78, 5) is 4.16. The van der Waals surface area contributed by atoms with Gasteiger partial charge in [-0.3, -0.25) is 4.98 Å². The molecule has 0 bridgehead atoms. The summed E-state index contributed by atoms with van der Waals surface area (Å²) in [5.74, 6) is -0.248. The van der Waals surface area contributed by atoms with Crippen molar-refractivity contribution < 1.29 is 4.39 Å². The molecule has 0 saturated heterocycles. The molecule has 1 N–H and O–H groups in total. The van der Waals surface area contributed by atoms with Crippen LogP contribution in [0.25, 0.3) is 10.8 Å². The maximum Gasteiger partial charge on any atom is 0.124 e. The van der Waals surface area contributed by atoms with Crippen LogP contribution >= 0.6 is 15.9 Å². The summed E-state index contributed by atoms with van der Waals surface area (Å²) in [5.41, 5.74) is 2.15. The molecule has 0 aliphatic rings. The van der Waals surface area contributed by atoms with Crippen molar-refractivity contribution in [1.82, 2.24) is 10.3 Å². The number of pyridine rings is 1. The van der Waals surface area contributed by atoms with Gasteiger partial charge in [-0.15, -0.1) is 0 Å². The Morgan fingerprint density at radius 1 is 1.14 bits per heavy atom. The first kappa shape index (κ1) is 14.2. The third-order valence-corrected chi connectivity index (χ3v) is 4.27. The summed E-state index contributed by atoms with van der Waals surface area (Å²) < 4.78 is 14.1. The molecule has 1 heterocycles. The lowest BCUT2D eigenvalue weighted by molar-refractivity contribution is 0.622. The third-order valence-electron chi connectivity index (χ3n) is 3.59. The van der Waals surface area contributed by atoms with Crippen LogP contribution in [-0.2, 0) is 0 Å². The number of nitrogens with one attached hydrogen (secondary N) is 1. The summed E-state index contributed by atoms with van der Waals surface area (Å²) in [6.45, 7) is 0. The Hall–Kier alpha value is -1.78. The first-order chi connectivity index (χ1) is 10.2. The lowest BCUT2D eigenvalue weighted by Gasteiger charge is -2.20. The number of hydrogen-bond donors (Lipinski definition) is 1. The minimum atomic E-state index is -0.248. The molecule has 3 aromatic rings. The molecule has 0 radical (unpaired) electrons. The lowest BCUT2D eigenvalue weighted by Crippen LogP contribution is -2.18. The van der Waals surface area contributed by atoms with Crippen LogP contribution in [0, 0.1) is 5.82 Å². The van der Waals surface area contributed by atoms with E-state index in [1.807, 2.05) is 31.4 Å². The van der Waals surface area contributed by atoms with E-state index in [4.69, 9.17) is 0 Å². The maximum absolute atomic E-state index is 13.3. The van der Waals surface area contributed by atoms with Crippen molar-refractivity contribution >= 4 is 26.7 Å². The zero-order valence-electron chi connectivity index (χ0n) is 11.5. The Morgan fingerprint density at radius 3 is 2.76 bits per heavy atom. The van der Waals surface area contributed by atoms with Crippen LogP contribution in [0.2, 0.25) is 0 Å². The van der Waals surface area contributed by atoms with E-state index < -0.39 is 0 Å². The van der Waals surface area contributed by atoms with Crippen molar-refractivity contribution in [3.8, 4) is 0 Å². The molecule has 1 unspecified atom stereocenters. The monoisotopic (exact) mass is 344 g/mol. The average Bonchev–Trinajstić information content (AvgIpc) is 2.50. The molecular formula is C17H14BrFN2. The molecule has 0 amide bonds.